The number of H-pyrrole nitrogens is 1. The lowest BCUT2D eigenvalue weighted by molar-refractivity contribution is 0.457. The van der Waals surface area contributed by atoms with Gasteiger partial charge in [-0.1, -0.05) is 46.9 Å². The molecule has 0 saturated carbocycles. The molecule has 6 heteroatoms. The molecule has 3 nitrogen and oxygen atoms in total. The van der Waals surface area contributed by atoms with E-state index in [1.807, 2.05) is 6.07 Å². The van der Waals surface area contributed by atoms with Gasteiger partial charge < -0.3 is 10.1 Å². The Hall–Kier alpha value is -1.68. The summed E-state index contributed by atoms with van der Waals surface area (Å²) < 4.78 is 0. The fraction of sp³-hybridized carbons (Fsp3) is 0. The van der Waals surface area contributed by atoms with Crippen molar-refractivity contribution in [3.63, 3.8) is 0 Å². The van der Waals surface area contributed by atoms with E-state index in [2.05, 4.69) is 9.98 Å². The van der Waals surface area contributed by atoms with Crippen molar-refractivity contribution in [3.05, 3.63) is 57.0 Å². The van der Waals surface area contributed by atoms with E-state index in [-0.39, 0.29) is 5.88 Å². The Kier molecular flexibility index (Phi) is 3.81. The third-order valence-electron chi connectivity index (χ3n) is 3.04. The van der Waals surface area contributed by atoms with E-state index < -0.39 is 0 Å². The summed E-state index contributed by atoms with van der Waals surface area (Å²) in [7, 11) is 0. The summed E-state index contributed by atoms with van der Waals surface area (Å²) >= 11 is 17.9. The number of hydrogen-bond donors (Lipinski definition) is 2. The Morgan fingerprint density at radius 2 is 1.90 bits per heavy atom. The molecule has 3 aromatic rings. The van der Waals surface area contributed by atoms with Crippen molar-refractivity contribution < 1.29 is 5.11 Å². The molecule has 0 aliphatic rings. The van der Waals surface area contributed by atoms with Gasteiger partial charge in [-0.15, -0.1) is 0 Å². The molecular formula is C15H9Cl3N2O. The number of aliphatic imine (C=N–C) groups is 1. The molecule has 1 aromatic heterocycles. The molecule has 0 spiro atoms. The maximum absolute atomic E-state index is 9.98. The number of nitrogens with one attached hydrogen (secondary N) is 1. The third kappa shape index (κ3) is 2.72. The lowest BCUT2D eigenvalue weighted by Gasteiger charge is -1.99. The Morgan fingerprint density at radius 1 is 1.10 bits per heavy atom. The zero-order chi connectivity index (χ0) is 15.0. The van der Waals surface area contributed by atoms with E-state index in [0.717, 1.165) is 10.9 Å². The van der Waals surface area contributed by atoms with Gasteiger partial charge in [-0.05, 0) is 24.3 Å². The highest BCUT2D eigenvalue weighted by atomic mass is 35.5. The summed E-state index contributed by atoms with van der Waals surface area (Å²) in [5, 5.41) is 12.2. The average Bonchev–Trinajstić information content (AvgIpc) is 2.75. The van der Waals surface area contributed by atoms with Crippen LogP contribution in [0.1, 0.15) is 5.56 Å². The summed E-state index contributed by atoms with van der Waals surface area (Å²) in [4.78, 5) is 7.14. The van der Waals surface area contributed by atoms with E-state index in [1.54, 1.807) is 36.5 Å². The molecule has 0 saturated heterocycles. The minimum absolute atomic E-state index is 0.0224. The number of halogens is 3. The van der Waals surface area contributed by atoms with Gasteiger partial charge in [0.2, 0.25) is 0 Å². The van der Waals surface area contributed by atoms with Crippen LogP contribution in [0, 0.1) is 0 Å². The first kappa shape index (κ1) is 14.3. The van der Waals surface area contributed by atoms with Crippen molar-refractivity contribution in [1.82, 2.24) is 4.98 Å². The normalized spacial score (nSPS) is 11.6. The van der Waals surface area contributed by atoms with E-state index in [1.165, 1.54) is 0 Å². The number of rotatable bonds is 2. The smallest absolute Gasteiger partial charge is 0.198 e. The van der Waals surface area contributed by atoms with Crippen LogP contribution in [-0.4, -0.2) is 16.3 Å². The molecule has 0 bridgehead atoms. The molecule has 0 amide bonds. The molecule has 106 valence electrons. The van der Waals surface area contributed by atoms with Crippen molar-refractivity contribution in [2.75, 3.05) is 0 Å². The Labute approximate surface area is 135 Å². The largest absolute Gasteiger partial charge is 0.494 e. The maximum atomic E-state index is 9.98. The lowest BCUT2D eigenvalue weighted by atomic mass is 10.2. The quantitative estimate of drug-likeness (QED) is 0.588. The summed E-state index contributed by atoms with van der Waals surface area (Å²) in [6.07, 6.45) is 1.54. The van der Waals surface area contributed by atoms with Crippen molar-refractivity contribution in [3.8, 4) is 5.88 Å². The van der Waals surface area contributed by atoms with E-state index in [9.17, 15) is 5.11 Å². The van der Waals surface area contributed by atoms with Gasteiger partial charge in [-0.3, -0.25) is 4.99 Å². The Morgan fingerprint density at radius 3 is 2.71 bits per heavy atom. The number of hydrogen-bond acceptors (Lipinski definition) is 2. The number of benzene rings is 2. The molecule has 0 radical (unpaired) electrons. The molecule has 0 fully saturated rings. The van der Waals surface area contributed by atoms with Gasteiger partial charge in [0.1, 0.15) is 0 Å². The predicted molar refractivity (Wildman–Crippen MR) is 88.7 cm³/mol. The molecule has 2 aromatic carbocycles. The molecule has 3 rings (SSSR count). The predicted octanol–water partition coefficient (Wildman–Crippen LogP) is 5.58. The Balaban J connectivity index is 2.07. The third-order valence-corrected chi connectivity index (χ3v) is 4.09. The van der Waals surface area contributed by atoms with Crippen LogP contribution in [0.3, 0.4) is 0 Å². The Bertz CT molecular complexity index is 855. The fourth-order valence-electron chi connectivity index (χ4n) is 2.03. The zero-order valence-corrected chi connectivity index (χ0v) is 12.8. The molecule has 0 aliphatic heterocycles. The van der Waals surface area contributed by atoms with Crippen LogP contribution in [-0.2, 0) is 0 Å². The second-order valence-corrected chi connectivity index (χ2v) is 5.63. The molecule has 0 atom stereocenters. The van der Waals surface area contributed by atoms with Crippen LogP contribution in [0.25, 0.3) is 10.9 Å². The van der Waals surface area contributed by atoms with Crippen LogP contribution in [0.4, 0.5) is 5.69 Å². The van der Waals surface area contributed by atoms with Gasteiger partial charge in [0.25, 0.3) is 0 Å². The summed E-state index contributed by atoms with van der Waals surface area (Å²) in [5.74, 6) is 0.0224. The first-order valence-electron chi connectivity index (χ1n) is 6.04. The second kappa shape index (κ2) is 5.60. The van der Waals surface area contributed by atoms with Gasteiger partial charge in [0.05, 0.1) is 26.8 Å². The monoisotopic (exact) mass is 338 g/mol. The average molecular weight is 340 g/mol. The highest BCUT2D eigenvalue weighted by Gasteiger charge is 2.09. The fourth-order valence-corrected chi connectivity index (χ4v) is 2.55. The first-order chi connectivity index (χ1) is 10.1. The summed E-state index contributed by atoms with van der Waals surface area (Å²) in [6.45, 7) is 0. The van der Waals surface area contributed by atoms with Crippen LogP contribution in [0.15, 0.2) is 41.4 Å². The van der Waals surface area contributed by atoms with Crippen molar-refractivity contribution >= 4 is 57.6 Å². The minimum Gasteiger partial charge on any atom is -0.494 e. The first-order valence-corrected chi connectivity index (χ1v) is 7.18. The van der Waals surface area contributed by atoms with Gasteiger partial charge in [-0.2, -0.15) is 0 Å². The maximum Gasteiger partial charge on any atom is 0.198 e. The van der Waals surface area contributed by atoms with E-state index in [0.29, 0.717) is 26.3 Å². The molecule has 1 heterocycles. The second-order valence-electron chi connectivity index (χ2n) is 4.41. The minimum atomic E-state index is 0.0224. The van der Waals surface area contributed by atoms with E-state index in [4.69, 9.17) is 34.8 Å². The number of fused-ring (bicyclic) bond motifs is 1. The van der Waals surface area contributed by atoms with Crippen LogP contribution in [0.5, 0.6) is 5.88 Å². The summed E-state index contributed by atoms with van der Waals surface area (Å²) in [5.41, 5.74) is 1.84. The van der Waals surface area contributed by atoms with Crippen molar-refractivity contribution in [2.45, 2.75) is 0 Å². The number of aromatic hydroxyl groups is 1. The SMILES string of the molecule is Oc1[nH]c2cc(Cl)ccc2c1C=Nc1cccc(Cl)c1Cl. The van der Waals surface area contributed by atoms with Gasteiger partial charge in [-0.25, -0.2) is 0 Å². The summed E-state index contributed by atoms with van der Waals surface area (Å²) in [6, 6.07) is 10.5. The highest BCUT2D eigenvalue weighted by Crippen LogP contribution is 2.33. The molecule has 21 heavy (non-hydrogen) atoms. The highest BCUT2D eigenvalue weighted by molar-refractivity contribution is 6.43. The number of nitrogens with zero attached hydrogens (tertiary/aromatic N) is 1. The molecule has 0 unspecified atom stereocenters. The zero-order valence-electron chi connectivity index (χ0n) is 10.6. The van der Waals surface area contributed by atoms with Crippen molar-refractivity contribution in [1.29, 1.82) is 0 Å². The number of aromatic nitrogens is 1. The van der Waals surface area contributed by atoms with Gasteiger partial charge in [0, 0.05) is 16.6 Å². The van der Waals surface area contributed by atoms with Crippen molar-refractivity contribution in [2.24, 2.45) is 4.99 Å². The van der Waals surface area contributed by atoms with E-state index >= 15 is 0 Å². The molecule has 2 N–H and O–H groups in total. The van der Waals surface area contributed by atoms with Gasteiger partial charge in [0.15, 0.2) is 5.88 Å². The standard InChI is InChI=1S/C15H9Cl3N2O/c16-8-4-5-9-10(15(21)20-13(9)6-8)7-19-12-3-1-2-11(17)14(12)18/h1-7,20-21H. The lowest BCUT2D eigenvalue weighted by Crippen LogP contribution is -1.80. The van der Waals surface area contributed by atoms with Gasteiger partial charge >= 0.3 is 0 Å². The topological polar surface area (TPSA) is 48.4 Å². The molecule has 0 aliphatic carbocycles. The molecular weight excluding hydrogens is 331 g/mol. The van der Waals surface area contributed by atoms with Crippen LogP contribution in [0.2, 0.25) is 15.1 Å². The number of aromatic amines is 1. The van der Waals surface area contributed by atoms with Crippen LogP contribution >= 0.6 is 34.8 Å². The van der Waals surface area contributed by atoms with Crippen LogP contribution < -0.4 is 0 Å².